The maximum absolute atomic E-state index is 12.6. The zero-order chi connectivity index (χ0) is 19.4. The molecule has 0 saturated carbocycles. The monoisotopic (exact) mass is 418 g/mol. The number of rotatable bonds is 5. The second kappa shape index (κ2) is 8.56. The number of anilines is 1. The van der Waals surface area contributed by atoms with Gasteiger partial charge in [-0.3, -0.25) is 14.5 Å². The second-order valence-corrected chi connectivity index (χ2v) is 7.65. The summed E-state index contributed by atoms with van der Waals surface area (Å²) in [5.74, 6) is 0.0659. The molecule has 0 bridgehead atoms. The predicted octanol–water partition coefficient (Wildman–Crippen LogP) is 4.19. The van der Waals surface area contributed by atoms with E-state index in [1.165, 1.54) is 16.7 Å². The number of carbonyl (C=O) groups is 2. The molecule has 0 spiro atoms. The zero-order valence-corrected chi connectivity index (χ0v) is 16.7. The van der Waals surface area contributed by atoms with Gasteiger partial charge in [0, 0.05) is 0 Å². The minimum Gasteiger partial charge on any atom is -0.497 e. The molecular formula is C19H15ClN2O3S2. The molecule has 1 aliphatic rings. The molecule has 2 amide bonds. The van der Waals surface area contributed by atoms with E-state index in [1.54, 1.807) is 37.5 Å². The SMILES string of the molecule is COc1ccc(C=C2SC(=S)N(CC(=O)Nc3ccccc3Cl)C2=O)cc1. The van der Waals surface area contributed by atoms with Crippen LogP contribution in [0.4, 0.5) is 5.69 Å². The molecule has 1 heterocycles. The van der Waals surface area contributed by atoms with E-state index >= 15 is 0 Å². The van der Waals surface area contributed by atoms with Crippen LogP contribution in [0.15, 0.2) is 53.4 Å². The fraction of sp³-hybridized carbons (Fsp3) is 0.105. The largest absolute Gasteiger partial charge is 0.497 e. The van der Waals surface area contributed by atoms with E-state index in [4.69, 9.17) is 28.6 Å². The molecule has 1 N–H and O–H groups in total. The lowest BCUT2D eigenvalue weighted by Crippen LogP contribution is -2.36. The van der Waals surface area contributed by atoms with Gasteiger partial charge in [0.1, 0.15) is 16.6 Å². The van der Waals surface area contributed by atoms with Crippen LogP contribution in [-0.2, 0) is 9.59 Å². The fourth-order valence-corrected chi connectivity index (χ4v) is 3.82. The Bertz CT molecular complexity index is 929. The van der Waals surface area contributed by atoms with Gasteiger partial charge >= 0.3 is 0 Å². The third-order valence-corrected chi connectivity index (χ3v) is 5.44. The first kappa shape index (κ1) is 19.4. The summed E-state index contributed by atoms with van der Waals surface area (Å²) in [5, 5.41) is 3.11. The molecule has 27 heavy (non-hydrogen) atoms. The van der Waals surface area contributed by atoms with Gasteiger partial charge in [0.25, 0.3) is 5.91 Å². The highest BCUT2D eigenvalue weighted by Crippen LogP contribution is 2.32. The molecule has 8 heteroatoms. The molecule has 0 aromatic heterocycles. The first-order valence-corrected chi connectivity index (χ1v) is 9.52. The summed E-state index contributed by atoms with van der Waals surface area (Å²) >= 11 is 12.5. The number of amides is 2. The average Bonchev–Trinajstić information content (AvgIpc) is 2.91. The van der Waals surface area contributed by atoms with Crippen LogP contribution in [0.2, 0.25) is 5.02 Å². The predicted molar refractivity (Wildman–Crippen MR) is 113 cm³/mol. The van der Waals surface area contributed by atoms with E-state index in [0.29, 0.717) is 19.9 Å². The Morgan fingerprint density at radius 3 is 2.63 bits per heavy atom. The molecule has 2 aromatic rings. The third-order valence-electron chi connectivity index (χ3n) is 3.74. The van der Waals surface area contributed by atoms with Crippen molar-refractivity contribution >= 4 is 63.5 Å². The van der Waals surface area contributed by atoms with Crippen LogP contribution in [0, 0.1) is 0 Å². The number of nitrogens with zero attached hydrogens (tertiary/aromatic N) is 1. The van der Waals surface area contributed by atoms with Gasteiger partial charge in [0.05, 0.1) is 22.7 Å². The molecule has 0 unspecified atom stereocenters. The summed E-state index contributed by atoms with van der Waals surface area (Å²) in [6.07, 6.45) is 1.74. The van der Waals surface area contributed by atoms with E-state index < -0.39 is 0 Å². The number of thioether (sulfide) groups is 1. The zero-order valence-electron chi connectivity index (χ0n) is 14.3. The van der Waals surface area contributed by atoms with Gasteiger partial charge in [-0.1, -0.05) is 59.8 Å². The molecule has 0 aliphatic carbocycles. The Labute approximate surface area is 171 Å². The van der Waals surface area contributed by atoms with Gasteiger partial charge in [-0.05, 0) is 35.9 Å². The maximum Gasteiger partial charge on any atom is 0.266 e. The van der Waals surface area contributed by atoms with Crippen molar-refractivity contribution in [3.63, 3.8) is 0 Å². The van der Waals surface area contributed by atoms with Gasteiger partial charge in [-0.15, -0.1) is 0 Å². The molecule has 0 atom stereocenters. The summed E-state index contributed by atoms with van der Waals surface area (Å²) in [7, 11) is 1.59. The lowest BCUT2D eigenvalue weighted by atomic mass is 10.2. The van der Waals surface area contributed by atoms with E-state index in [9.17, 15) is 9.59 Å². The first-order chi connectivity index (χ1) is 13.0. The fourth-order valence-electron chi connectivity index (χ4n) is 2.38. The molecule has 5 nitrogen and oxygen atoms in total. The second-order valence-electron chi connectivity index (χ2n) is 5.57. The van der Waals surface area contributed by atoms with Crippen LogP contribution < -0.4 is 10.1 Å². The smallest absolute Gasteiger partial charge is 0.266 e. The van der Waals surface area contributed by atoms with Crippen LogP contribution in [0.5, 0.6) is 5.75 Å². The van der Waals surface area contributed by atoms with Gasteiger partial charge < -0.3 is 10.1 Å². The molecule has 0 radical (unpaired) electrons. The van der Waals surface area contributed by atoms with Crippen LogP contribution in [-0.4, -0.2) is 34.7 Å². The highest BCUT2D eigenvalue weighted by molar-refractivity contribution is 8.26. The number of carbonyl (C=O) groups excluding carboxylic acids is 2. The van der Waals surface area contributed by atoms with E-state index in [1.807, 2.05) is 24.3 Å². The van der Waals surface area contributed by atoms with Crippen molar-refractivity contribution in [2.24, 2.45) is 0 Å². The molecule has 1 fully saturated rings. The highest BCUT2D eigenvalue weighted by Gasteiger charge is 2.33. The molecule has 2 aromatic carbocycles. The quantitative estimate of drug-likeness (QED) is 0.582. The van der Waals surface area contributed by atoms with Crippen LogP contribution in [0.25, 0.3) is 6.08 Å². The Hall–Kier alpha value is -2.35. The molecule has 1 saturated heterocycles. The van der Waals surface area contributed by atoms with Crippen molar-refractivity contribution < 1.29 is 14.3 Å². The summed E-state index contributed by atoms with van der Waals surface area (Å²) in [6, 6.07) is 14.2. The standard InChI is InChI=1S/C19H15ClN2O3S2/c1-25-13-8-6-12(7-9-13)10-16-18(24)22(19(26)27-16)11-17(23)21-15-5-3-2-4-14(15)20/h2-10H,11H2,1H3,(H,21,23). The van der Waals surface area contributed by atoms with Crippen LogP contribution in [0.3, 0.4) is 0 Å². The Kier molecular flexibility index (Phi) is 6.15. The third kappa shape index (κ3) is 4.68. The molecular weight excluding hydrogens is 404 g/mol. The average molecular weight is 419 g/mol. The van der Waals surface area contributed by atoms with Gasteiger partial charge in [-0.2, -0.15) is 0 Å². The summed E-state index contributed by atoms with van der Waals surface area (Å²) in [4.78, 5) is 26.6. The number of halogens is 1. The van der Waals surface area contributed by atoms with Crippen molar-refractivity contribution in [3.05, 3.63) is 64.0 Å². The van der Waals surface area contributed by atoms with Crippen molar-refractivity contribution in [3.8, 4) is 5.75 Å². The summed E-state index contributed by atoms with van der Waals surface area (Å²) in [6.45, 7) is -0.171. The Balaban J connectivity index is 1.69. The van der Waals surface area contributed by atoms with Crippen LogP contribution in [0.1, 0.15) is 5.56 Å². The highest BCUT2D eigenvalue weighted by atomic mass is 35.5. The van der Waals surface area contributed by atoms with Crippen LogP contribution >= 0.6 is 35.6 Å². The number of thiocarbonyl (C=S) groups is 1. The number of ether oxygens (including phenoxy) is 1. The minimum atomic E-state index is -0.370. The van der Waals surface area contributed by atoms with Gasteiger partial charge in [-0.25, -0.2) is 0 Å². The Morgan fingerprint density at radius 2 is 1.96 bits per heavy atom. The molecule has 1 aliphatic heterocycles. The van der Waals surface area contributed by atoms with E-state index in [2.05, 4.69) is 5.32 Å². The van der Waals surface area contributed by atoms with E-state index in [-0.39, 0.29) is 18.4 Å². The van der Waals surface area contributed by atoms with Crippen molar-refractivity contribution in [2.45, 2.75) is 0 Å². The van der Waals surface area contributed by atoms with Crippen molar-refractivity contribution in [1.29, 1.82) is 0 Å². The van der Waals surface area contributed by atoms with Gasteiger partial charge in [0.2, 0.25) is 5.91 Å². The summed E-state index contributed by atoms with van der Waals surface area (Å²) in [5.41, 5.74) is 1.33. The lowest BCUT2D eigenvalue weighted by molar-refractivity contribution is -0.126. The van der Waals surface area contributed by atoms with Crippen molar-refractivity contribution in [2.75, 3.05) is 19.0 Å². The minimum absolute atomic E-state index is 0.171. The number of benzene rings is 2. The van der Waals surface area contributed by atoms with E-state index in [0.717, 1.165) is 11.3 Å². The summed E-state index contributed by atoms with van der Waals surface area (Å²) < 4.78 is 5.46. The Morgan fingerprint density at radius 1 is 1.26 bits per heavy atom. The lowest BCUT2D eigenvalue weighted by Gasteiger charge is -2.14. The first-order valence-electron chi connectivity index (χ1n) is 7.92. The molecule has 138 valence electrons. The number of methoxy groups -OCH3 is 1. The maximum atomic E-state index is 12.6. The number of para-hydroxylation sites is 1. The normalized spacial score (nSPS) is 15.3. The van der Waals surface area contributed by atoms with Crippen molar-refractivity contribution in [1.82, 2.24) is 4.90 Å². The number of hydrogen-bond acceptors (Lipinski definition) is 5. The molecule has 3 rings (SSSR count). The van der Waals surface area contributed by atoms with Gasteiger partial charge in [0.15, 0.2) is 0 Å². The number of hydrogen-bond donors (Lipinski definition) is 1. The number of nitrogens with one attached hydrogen (secondary N) is 1. The topological polar surface area (TPSA) is 58.6 Å².